The largest absolute Gasteiger partial charge is 0.481 e. The average Bonchev–Trinajstić information content (AvgIpc) is 3.23. The van der Waals surface area contributed by atoms with Crippen molar-refractivity contribution in [1.29, 1.82) is 0 Å². The van der Waals surface area contributed by atoms with E-state index in [1.165, 1.54) is 29.3 Å². The lowest BCUT2D eigenvalue weighted by Crippen LogP contribution is -2.40. The van der Waals surface area contributed by atoms with Crippen LogP contribution >= 0.6 is 0 Å². The van der Waals surface area contributed by atoms with Gasteiger partial charge in [-0.2, -0.15) is 4.31 Å². The van der Waals surface area contributed by atoms with Crippen LogP contribution in [0.15, 0.2) is 53.4 Å². The molecule has 0 aromatic heterocycles. The first-order valence-electron chi connectivity index (χ1n) is 11.5. The van der Waals surface area contributed by atoms with Gasteiger partial charge in [0.1, 0.15) is 0 Å². The number of carbonyl (C=O) groups is 1. The van der Waals surface area contributed by atoms with Crippen molar-refractivity contribution < 1.29 is 18.3 Å². The highest BCUT2D eigenvalue weighted by Gasteiger charge is 2.31. The maximum absolute atomic E-state index is 12.9. The van der Waals surface area contributed by atoms with Crippen LogP contribution in [0.25, 0.3) is 11.1 Å². The summed E-state index contributed by atoms with van der Waals surface area (Å²) in [6.45, 7) is 5.10. The van der Waals surface area contributed by atoms with E-state index in [4.69, 9.17) is 5.11 Å². The first-order chi connectivity index (χ1) is 15.3. The van der Waals surface area contributed by atoms with Crippen LogP contribution in [0.2, 0.25) is 0 Å². The molecule has 1 N–H and O–H groups in total. The Morgan fingerprint density at radius 1 is 0.938 bits per heavy atom. The number of piperidine rings is 1. The molecule has 2 fully saturated rings. The number of nitrogens with zero attached hydrogens (tertiary/aromatic N) is 2. The predicted molar refractivity (Wildman–Crippen MR) is 125 cm³/mol. The van der Waals surface area contributed by atoms with E-state index in [9.17, 15) is 13.2 Å². The first kappa shape index (κ1) is 23.0. The van der Waals surface area contributed by atoms with Gasteiger partial charge in [-0.1, -0.05) is 36.4 Å². The van der Waals surface area contributed by atoms with Gasteiger partial charge in [0.2, 0.25) is 10.0 Å². The van der Waals surface area contributed by atoms with Crippen molar-refractivity contribution in [3.63, 3.8) is 0 Å². The van der Waals surface area contributed by atoms with E-state index < -0.39 is 21.9 Å². The first-order valence-corrected chi connectivity index (χ1v) is 12.9. The molecular formula is C25H32N2O4S. The number of carboxylic acids is 1. The SMILES string of the molecule is CC1CCCN1CCc1ccc(-c2ccc(S(=O)(=O)N3CCC(C(=O)O)CC3)cc2)cc1. The Balaban J connectivity index is 1.38. The second kappa shape index (κ2) is 9.73. The summed E-state index contributed by atoms with van der Waals surface area (Å²) < 4.78 is 27.3. The molecule has 6 nitrogen and oxygen atoms in total. The molecule has 172 valence electrons. The maximum Gasteiger partial charge on any atom is 0.306 e. The Labute approximate surface area is 190 Å². The molecule has 1 unspecified atom stereocenters. The Kier molecular flexibility index (Phi) is 6.98. The number of hydrogen-bond acceptors (Lipinski definition) is 4. The average molecular weight is 457 g/mol. The van der Waals surface area contributed by atoms with E-state index >= 15 is 0 Å². The molecule has 0 radical (unpaired) electrons. The van der Waals surface area contributed by atoms with Crippen LogP contribution < -0.4 is 0 Å². The molecule has 2 heterocycles. The third-order valence-corrected chi connectivity index (χ3v) is 8.87. The summed E-state index contributed by atoms with van der Waals surface area (Å²) >= 11 is 0. The van der Waals surface area contributed by atoms with E-state index in [0.717, 1.165) is 24.1 Å². The molecule has 2 aromatic carbocycles. The lowest BCUT2D eigenvalue weighted by Gasteiger charge is -2.29. The fourth-order valence-corrected chi connectivity index (χ4v) is 6.24. The van der Waals surface area contributed by atoms with Crippen molar-refractivity contribution in [3.05, 3.63) is 54.1 Å². The number of rotatable bonds is 7. The van der Waals surface area contributed by atoms with Gasteiger partial charge in [-0.15, -0.1) is 0 Å². The van der Waals surface area contributed by atoms with Gasteiger partial charge in [-0.25, -0.2) is 8.42 Å². The summed E-state index contributed by atoms with van der Waals surface area (Å²) in [5.74, 6) is -1.30. The minimum absolute atomic E-state index is 0.249. The highest BCUT2D eigenvalue weighted by molar-refractivity contribution is 7.89. The number of likely N-dealkylation sites (tertiary alicyclic amines) is 1. The fraction of sp³-hybridized carbons (Fsp3) is 0.480. The van der Waals surface area contributed by atoms with Crippen LogP contribution in [0.5, 0.6) is 0 Å². The smallest absolute Gasteiger partial charge is 0.306 e. The summed E-state index contributed by atoms with van der Waals surface area (Å²) in [5.41, 5.74) is 3.36. The number of carboxylic acid groups (broad SMARTS) is 1. The van der Waals surface area contributed by atoms with E-state index in [0.29, 0.717) is 18.9 Å². The van der Waals surface area contributed by atoms with Crippen LogP contribution in [0.4, 0.5) is 0 Å². The van der Waals surface area contributed by atoms with E-state index in [2.05, 4.69) is 36.1 Å². The molecule has 2 saturated heterocycles. The minimum Gasteiger partial charge on any atom is -0.481 e. The zero-order valence-corrected chi connectivity index (χ0v) is 19.4. The van der Waals surface area contributed by atoms with Crippen LogP contribution in [-0.2, 0) is 21.2 Å². The topological polar surface area (TPSA) is 77.9 Å². The molecule has 4 rings (SSSR count). The zero-order chi connectivity index (χ0) is 22.7. The molecule has 0 aliphatic carbocycles. The van der Waals surface area contributed by atoms with E-state index in [1.807, 2.05) is 12.1 Å². The molecule has 0 saturated carbocycles. The summed E-state index contributed by atoms with van der Waals surface area (Å²) in [7, 11) is -3.60. The highest BCUT2D eigenvalue weighted by Crippen LogP contribution is 2.27. The van der Waals surface area contributed by atoms with E-state index in [-0.39, 0.29) is 18.0 Å². The van der Waals surface area contributed by atoms with Crippen molar-refractivity contribution in [2.24, 2.45) is 5.92 Å². The van der Waals surface area contributed by atoms with Gasteiger partial charge in [0.25, 0.3) is 0 Å². The van der Waals surface area contributed by atoms with Gasteiger partial charge < -0.3 is 10.0 Å². The standard InChI is InChI=1S/C25H32N2O4S/c1-19-3-2-15-26(19)16-12-20-4-6-21(7-5-20)22-8-10-24(11-9-22)32(30,31)27-17-13-23(14-18-27)25(28)29/h4-11,19,23H,2-3,12-18H2,1H3,(H,28,29). The van der Waals surface area contributed by atoms with Gasteiger partial charge in [-0.3, -0.25) is 4.79 Å². The monoisotopic (exact) mass is 456 g/mol. The van der Waals surface area contributed by atoms with Gasteiger partial charge >= 0.3 is 5.97 Å². The molecule has 0 spiro atoms. The molecule has 7 heteroatoms. The lowest BCUT2D eigenvalue weighted by atomic mass is 9.99. The molecular weight excluding hydrogens is 424 g/mol. The number of benzene rings is 2. The van der Waals surface area contributed by atoms with Gasteiger partial charge in [0.15, 0.2) is 0 Å². The molecule has 0 amide bonds. The molecule has 2 aliphatic rings. The summed E-state index contributed by atoms with van der Waals surface area (Å²) in [6, 6.07) is 16.2. The van der Waals surface area contributed by atoms with Crippen molar-refractivity contribution in [1.82, 2.24) is 9.21 Å². The molecule has 2 aromatic rings. The number of aliphatic carboxylic acids is 1. The molecule has 1 atom stereocenters. The normalized spacial score (nSPS) is 21.1. The third kappa shape index (κ3) is 5.05. The molecule has 2 aliphatic heterocycles. The summed E-state index contributed by atoms with van der Waals surface area (Å²) in [4.78, 5) is 13.9. The quantitative estimate of drug-likeness (QED) is 0.684. The summed E-state index contributed by atoms with van der Waals surface area (Å²) in [6.07, 6.45) is 4.35. The van der Waals surface area contributed by atoms with E-state index in [1.54, 1.807) is 12.1 Å². The zero-order valence-electron chi connectivity index (χ0n) is 18.6. The second-order valence-corrected chi connectivity index (χ2v) is 11.0. The van der Waals surface area contributed by atoms with Gasteiger partial charge in [0.05, 0.1) is 10.8 Å². The van der Waals surface area contributed by atoms with Crippen molar-refractivity contribution in [3.8, 4) is 11.1 Å². The van der Waals surface area contributed by atoms with Crippen LogP contribution in [0, 0.1) is 5.92 Å². The Morgan fingerprint density at radius 2 is 1.53 bits per heavy atom. The van der Waals surface area contributed by atoms with Crippen molar-refractivity contribution in [2.45, 2.75) is 50.0 Å². The van der Waals surface area contributed by atoms with Crippen molar-refractivity contribution >= 4 is 16.0 Å². The lowest BCUT2D eigenvalue weighted by molar-refractivity contribution is -0.142. The Hall–Kier alpha value is -2.22. The molecule has 32 heavy (non-hydrogen) atoms. The second-order valence-electron chi connectivity index (χ2n) is 9.02. The number of hydrogen-bond donors (Lipinski definition) is 1. The number of sulfonamides is 1. The minimum atomic E-state index is -3.60. The van der Waals surface area contributed by atoms with Gasteiger partial charge in [0, 0.05) is 25.7 Å². The van der Waals surface area contributed by atoms with Crippen LogP contribution in [0.1, 0.15) is 38.2 Å². The Morgan fingerprint density at radius 3 is 2.06 bits per heavy atom. The summed E-state index contributed by atoms with van der Waals surface area (Å²) in [5, 5.41) is 9.12. The predicted octanol–water partition coefficient (Wildman–Crippen LogP) is 3.87. The van der Waals surface area contributed by atoms with Crippen molar-refractivity contribution in [2.75, 3.05) is 26.2 Å². The molecule has 0 bridgehead atoms. The van der Waals surface area contributed by atoms with Gasteiger partial charge in [-0.05, 0) is 74.4 Å². The van der Waals surface area contributed by atoms with Crippen LogP contribution in [-0.4, -0.2) is 60.9 Å². The van der Waals surface area contributed by atoms with Crippen LogP contribution in [0.3, 0.4) is 0 Å². The fourth-order valence-electron chi connectivity index (χ4n) is 4.77. The maximum atomic E-state index is 12.9. The third-order valence-electron chi connectivity index (χ3n) is 6.96. The Bertz CT molecular complexity index is 1030. The highest BCUT2D eigenvalue weighted by atomic mass is 32.2.